The minimum absolute atomic E-state index is 0.388. The quantitative estimate of drug-likeness (QED) is 0.827. The topological polar surface area (TPSA) is 50.9 Å². The highest BCUT2D eigenvalue weighted by Gasteiger charge is 2.18. The predicted molar refractivity (Wildman–Crippen MR) is 64.2 cm³/mol. The first-order valence-corrected chi connectivity index (χ1v) is 6.58. The fourth-order valence-corrected chi connectivity index (χ4v) is 2.92. The van der Waals surface area contributed by atoms with Crippen LogP contribution < -0.4 is 11.1 Å². The van der Waals surface area contributed by atoms with E-state index < -0.39 is 0 Å². The lowest BCUT2D eigenvalue weighted by Crippen LogP contribution is -2.26. The van der Waals surface area contributed by atoms with Crippen LogP contribution in [0.3, 0.4) is 0 Å². The van der Waals surface area contributed by atoms with E-state index in [2.05, 4.69) is 22.6 Å². The largest absolute Gasteiger partial charge is 0.330 e. The van der Waals surface area contributed by atoms with Gasteiger partial charge in [-0.3, -0.25) is 0 Å². The molecule has 3 nitrogen and oxygen atoms in total. The molecule has 15 heavy (non-hydrogen) atoms. The van der Waals surface area contributed by atoms with E-state index in [1.807, 2.05) is 0 Å². The number of nitrogens with two attached hydrogens (primary N) is 1. The molecule has 0 aliphatic carbocycles. The molecule has 1 saturated heterocycles. The van der Waals surface area contributed by atoms with Crippen molar-refractivity contribution in [3.05, 3.63) is 16.1 Å². The summed E-state index contributed by atoms with van der Waals surface area (Å²) < 4.78 is 0. The molecule has 2 heterocycles. The molecule has 0 radical (unpaired) electrons. The SMILES string of the molecule is CC(CN)c1csc(C2CCCCN2)n1. The number of piperidine rings is 1. The van der Waals surface area contributed by atoms with E-state index in [1.165, 1.54) is 24.3 Å². The fraction of sp³-hybridized carbons (Fsp3) is 0.727. The number of hydrogen-bond donors (Lipinski definition) is 2. The van der Waals surface area contributed by atoms with Crippen molar-refractivity contribution in [3.8, 4) is 0 Å². The predicted octanol–water partition coefficient (Wildman–Crippen LogP) is 2.02. The summed E-state index contributed by atoms with van der Waals surface area (Å²) in [7, 11) is 0. The first kappa shape index (κ1) is 11.0. The fourth-order valence-electron chi connectivity index (χ4n) is 1.87. The molecule has 1 aliphatic rings. The lowest BCUT2D eigenvalue weighted by Gasteiger charge is -2.21. The average molecular weight is 225 g/mol. The van der Waals surface area contributed by atoms with Crippen LogP contribution in [-0.2, 0) is 0 Å². The van der Waals surface area contributed by atoms with Crippen LogP contribution in [0.15, 0.2) is 5.38 Å². The van der Waals surface area contributed by atoms with E-state index in [0.717, 1.165) is 12.2 Å². The van der Waals surface area contributed by atoms with Gasteiger partial charge >= 0.3 is 0 Å². The molecule has 0 bridgehead atoms. The van der Waals surface area contributed by atoms with Crippen molar-refractivity contribution in [2.45, 2.75) is 38.1 Å². The van der Waals surface area contributed by atoms with E-state index in [4.69, 9.17) is 5.73 Å². The van der Waals surface area contributed by atoms with Crippen molar-refractivity contribution in [1.82, 2.24) is 10.3 Å². The lowest BCUT2D eigenvalue weighted by molar-refractivity contribution is 0.410. The van der Waals surface area contributed by atoms with Crippen LogP contribution in [0.5, 0.6) is 0 Å². The zero-order valence-corrected chi connectivity index (χ0v) is 10.0. The Morgan fingerprint density at radius 2 is 2.53 bits per heavy atom. The van der Waals surface area contributed by atoms with E-state index in [-0.39, 0.29) is 0 Å². The number of nitrogens with zero attached hydrogens (tertiary/aromatic N) is 1. The summed E-state index contributed by atoms with van der Waals surface area (Å²) in [5.41, 5.74) is 6.80. The molecule has 2 unspecified atom stereocenters. The Morgan fingerprint density at radius 1 is 1.67 bits per heavy atom. The number of nitrogens with one attached hydrogen (secondary N) is 1. The summed E-state index contributed by atoms with van der Waals surface area (Å²) >= 11 is 1.77. The molecule has 2 rings (SSSR count). The smallest absolute Gasteiger partial charge is 0.110 e. The molecule has 1 aromatic heterocycles. The second kappa shape index (κ2) is 5.05. The van der Waals surface area contributed by atoms with Crippen molar-refractivity contribution in [2.75, 3.05) is 13.1 Å². The number of thiazole rings is 1. The van der Waals surface area contributed by atoms with Crippen LogP contribution in [0.2, 0.25) is 0 Å². The standard InChI is InChI=1S/C11H19N3S/c1-8(6-12)10-7-15-11(14-10)9-4-2-3-5-13-9/h7-9,13H,2-6,12H2,1H3. The van der Waals surface area contributed by atoms with Gasteiger partial charge in [0.25, 0.3) is 0 Å². The third kappa shape index (κ3) is 2.56. The third-order valence-corrected chi connectivity index (χ3v) is 3.98. The second-order valence-electron chi connectivity index (χ2n) is 4.25. The van der Waals surface area contributed by atoms with Crippen LogP contribution in [0.25, 0.3) is 0 Å². The Kier molecular flexibility index (Phi) is 3.72. The molecule has 3 N–H and O–H groups in total. The average Bonchev–Trinajstić information content (AvgIpc) is 2.78. The van der Waals surface area contributed by atoms with Gasteiger partial charge in [0, 0.05) is 17.8 Å². The maximum Gasteiger partial charge on any atom is 0.110 e. The molecule has 0 amide bonds. The Hall–Kier alpha value is -0.450. The maximum atomic E-state index is 5.64. The molecule has 1 aliphatic heterocycles. The summed E-state index contributed by atoms with van der Waals surface area (Å²) in [5.74, 6) is 0.388. The summed E-state index contributed by atoms with van der Waals surface area (Å²) in [6.45, 7) is 3.94. The van der Waals surface area contributed by atoms with Gasteiger partial charge in [0.15, 0.2) is 0 Å². The molecule has 0 saturated carbocycles. The normalized spacial score (nSPS) is 24.0. The minimum Gasteiger partial charge on any atom is -0.330 e. The van der Waals surface area contributed by atoms with Gasteiger partial charge in [0.05, 0.1) is 11.7 Å². The van der Waals surface area contributed by atoms with Crippen LogP contribution in [0.1, 0.15) is 48.8 Å². The Balaban J connectivity index is 2.05. The van der Waals surface area contributed by atoms with Gasteiger partial charge in [-0.05, 0) is 19.4 Å². The second-order valence-corrected chi connectivity index (χ2v) is 5.14. The Labute approximate surface area is 95.1 Å². The zero-order valence-electron chi connectivity index (χ0n) is 9.20. The van der Waals surface area contributed by atoms with E-state index in [9.17, 15) is 0 Å². The third-order valence-electron chi connectivity index (χ3n) is 3.01. The lowest BCUT2D eigenvalue weighted by atomic mass is 10.1. The van der Waals surface area contributed by atoms with Gasteiger partial charge < -0.3 is 11.1 Å². The van der Waals surface area contributed by atoms with Gasteiger partial charge in [0.1, 0.15) is 5.01 Å². The van der Waals surface area contributed by atoms with Gasteiger partial charge in [-0.25, -0.2) is 4.98 Å². The highest BCUT2D eigenvalue weighted by atomic mass is 32.1. The molecule has 0 aromatic carbocycles. The molecule has 4 heteroatoms. The number of aromatic nitrogens is 1. The molecule has 2 atom stereocenters. The van der Waals surface area contributed by atoms with Crippen molar-refractivity contribution in [1.29, 1.82) is 0 Å². The molecule has 84 valence electrons. The molecular formula is C11H19N3S. The molecule has 1 aromatic rings. The van der Waals surface area contributed by atoms with Gasteiger partial charge in [-0.15, -0.1) is 11.3 Å². The van der Waals surface area contributed by atoms with E-state index >= 15 is 0 Å². The zero-order chi connectivity index (χ0) is 10.7. The van der Waals surface area contributed by atoms with Crippen molar-refractivity contribution >= 4 is 11.3 Å². The number of rotatable bonds is 3. The van der Waals surface area contributed by atoms with E-state index in [1.54, 1.807) is 11.3 Å². The summed E-state index contributed by atoms with van der Waals surface area (Å²) in [6.07, 6.45) is 3.84. The Bertz CT molecular complexity index is 305. The van der Waals surface area contributed by atoms with Crippen LogP contribution in [0, 0.1) is 0 Å². The van der Waals surface area contributed by atoms with Crippen LogP contribution in [0.4, 0.5) is 0 Å². The van der Waals surface area contributed by atoms with Gasteiger partial charge in [-0.1, -0.05) is 13.3 Å². The van der Waals surface area contributed by atoms with Crippen LogP contribution >= 0.6 is 11.3 Å². The summed E-state index contributed by atoms with van der Waals surface area (Å²) in [5, 5.41) is 6.92. The van der Waals surface area contributed by atoms with Gasteiger partial charge in [-0.2, -0.15) is 0 Å². The number of hydrogen-bond acceptors (Lipinski definition) is 4. The van der Waals surface area contributed by atoms with E-state index in [0.29, 0.717) is 18.5 Å². The molecule has 1 fully saturated rings. The first-order chi connectivity index (χ1) is 7.31. The van der Waals surface area contributed by atoms with Crippen LogP contribution in [-0.4, -0.2) is 18.1 Å². The highest BCUT2D eigenvalue weighted by molar-refractivity contribution is 7.09. The monoisotopic (exact) mass is 225 g/mol. The molecule has 0 spiro atoms. The van der Waals surface area contributed by atoms with Crippen molar-refractivity contribution in [2.24, 2.45) is 5.73 Å². The van der Waals surface area contributed by atoms with Gasteiger partial charge in [0.2, 0.25) is 0 Å². The molecular weight excluding hydrogens is 206 g/mol. The minimum atomic E-state index is 0.388. The van der Waals surface area contributed by atoms with Crippen molar-refractivity contribution < 1.29 is 0 Å². The highest BCUT2D eigenvalue weighted by Crippen LogP contribution is 2.27. The van der Waals surface area contributed by atoms with Crippen molar-refractivity contribution in [3.63, 3.8) is 0 Å². The first-order valence-electron chi connectivity index (χ1n) is 5.70. The summed E-state index contributed by atoms with van der Waals surface area (Å²) in [6, 6.07) is 0.488. The maximum absolute atomic E-state index is 5.64. The summed E-state index contributed by atoms with van der Waals surface area (Å²) in [4.78, 5) is 4.68. The Morgan fingerprint density at radius 3 is 3.20 bits per heavy atom.